The van der Waals surface area contributed by atoms with E-state index in [2.05, 4.69) is 10.6 Å². The zero-order valence-electron chi connectivity index (χ0n) is 18.2. The Kier molecular flexibility index (Phi) is 8.87. The first-order valence-electron chi connectivity index (χ1n) is 10.2. The topological polar surface area (TPSA) is 76.7 Å². The van der Waals surface area contributed by atoms with Crippen LogP contribution in [0.15, 0.2) is 54.6 Å². The molecule has 1 unspecified atom stereocenters. The number of hydrogen-bond donors (Lipinski definition) is 2. The smallest absolute Gasteiger partial charge is 0.407 e. The van der Waals surface area contributed by atoms with Crippen LogP contribution in [0.2, 0.25) is 0 Å². The van der Waals surface area contributed by atoms with Gasteiger partial charge in [0.2, 0.25) is 0 Å². The third-order valence-electron chi connectivity index (χ3n) is 4.30. The molecule has 0 bridgehead atoms. The van der Waals surface area contributed by atoms with Gasteiger partial charge in [0, 0.05) is 25.3 Å². The fraction of sp³-hybridized carbons (Fsp3) is 0.417. The summed E-state index contributed by atoms with van der Waals surface area (Å²) in [6, 6.07) is 17.2. The van der Waals surface area contributed by atoms with Crippen molar-refractivity contribution in [2.45, 2.75) is 52.4 Å². The minimum atomic E-state index is -0.531. The molecular weight excluding hydrogens is 380 g/mol. The van der Waals surface area contributed by atoms with Crippen LogP contribution in [0, 0.1) is 0 Å². The molecule has 2 aromatic rings. The third-order valence-corrected chi connectivity index (χ3v) is 4.30. The van der Waals surface area contributed by atoms with Gasteiger partial charge in [0.05, 0.1) is 6.10 Å². The van der Waals surface area contributed by atoms with E-state index in [0.29, 0.717) is 25.3 Å². The standard InChI is InChI=1S/C24H32N2O4/c1-18(20-9-6-5-7-10-20)29-16-8-15-25-22(27)21-13-11-19(12-14-21)17-26-23(28)30-24(2,3)4/h5-7,9-14,18H,8,15-17H2,1-4H3,(H,25,27)(H,26,28). The van der Waals surface area contributed by atoms with Crippen molar-refractivity contribution in [3.05, 3.63) is 71.3 Å². The van der Waals surface area contributed by atoms with E-state index in [1.807, 2.05) is 70.2 Å². The molecule has 0 fully saturated rings. The molecule has 0 aliphatic heterocycles. The maximum absolute atomic E-state index is 12.3. The first-order chi connectivity index (χ1) is 14.2. The molecule has 0 heterocycles. The van der Waals surface area contributed by atoms with Gasteiger partial charge in [0.15, 0.2) is 0 Å². The van der Waals surface area contributed by atoms with E-state index < -0.39 is 11.7 Å². The zero-order valence-corrected chi connectivity index (χ0v) is 18.2. The van der Waals surface area contributed by atoms with Crippen molar-refractivity contribution in [2.24, 2.45) is 0 Å². The van der Waals surface area contributed by atoms with Crippen molar-refractivity contribution in [3.8, 4) is 0 Å². The predicted octanol–water partition coefficient (Wildman–Crippen LogP) is 4.61. The molecule has 162 valence electrons. The highest BCUT2D eigenvalue weighted by atomic mass is 16.6. The second kappa shape index (κ2) is 11.4. The number of nitrogens with one attached hydrogen (secondary N) is 2. The summed E-state index contributed by atoms with van der Waals surface area (Å²) in [4.78, 5) is 23.9. The molecule has 0 aromatic heterocycles. The summed E-state index contributed by atoms with van der Waals surface area (Å²) in [7, 11) is 0. The lowest BCUT2D eigenvalue weighted by atomic mass is 10.1. The van der Waals surface area contributed by atoms with Crippen LogP contribution in [-0.2, 0) is 16.0 Å². The quantitative estimate of drug-likeness (QED) is 0.590. The van der Waals surface area contributed by atoms with E-state index in [1.165, 1.54) is 0 Å². The second-order valence-corrected chi connectivity index (χ2v) is 8.09. The lowest BCUT2D eigenvalue weighted by Gasteiger charge is -2.19. The van der Waals surface area contributed by atoms with Crippen LogP contribution in [-0.4, -0.2) is 30.8 Å². The van der Waals surface area contributed by atoms with Crippen LogP contribution in [0.4, 0.5) is 4.79 Å². The molecule has 0 aliphatic carbocycles. The number of hydrogen-bond acceptors (Lipinski definition) is 4. The average Bonchev–Trinajstić information content (AvgIpc) is 2.71. The van der Waals surface area contributed by atoms with Gasteiger partial charge in [0.25, 0.3) is 5.91 Å². The molecular formula is C24H32N2O4. The highest BCUT2D eigenvalue weighted by Gasteiger charge is 2.15. The Morgan fingerprint density at radius 1 is 0.967 bits per heavy atom. The van der Waals surface area contributed by atoms with Crippen LogP contribution in [0.3, 0.4) is 0 Å². The molecule has 1 atom stereocenters. The van der Waals surface area contributed by atoms with E-state index in [9.17, 15) is 9.59 Å². The Labute approximate surface area is 179 Å². The third kappa shape index (κ3) is 8.66. The van der Waals surface area contributed by atoms with Crippen molar-refractivity contribution in [1.29, 1.82) is 0 Å². The van der Waals surface area contributed by atoms with E-state index in [1.54, 1.807) is 12.1 Å². The molecule has 2 rings (SSSR count). The molecule has 6 heteroatoms. The Morgan fingerprint density at radius 3 is 2.27 bits per heavy atom. The normalized spacial score (nSPS) is 12.1. The summed E-state index contributed by atoms with van der Waals surface area (Å²) >= 11 is 0. The Balaban J connectivity index is 1.66. The summed E-state index contributed by atoms with van der Waals surface area (Å²) in [6.45, 7) is 8.93. The summed E-state index contributed by atoms with van der Waals surface area (Å²) in [5.74, 6) is -0.127. The largest absolute Gasteiger partial charge is 0.444 e. The Bertz CT molecular complexity index is 798. The first-order valence-corrected chi connectivity index (χ1v) is 10.2. The lowest BCUT2D eigenvalue weighted by Crippen LogP contribution is -2.32. The van der Waals surface area contributed by atoms with Crippen molar-refractivity contribution in [1.82, 2.24) is 10.6 Å². The van der Waals surface area contributed by atoms with Crippen LogP contribution in [0.25, 0.3) is 0 Å². The van der Waals surface area contributed by atoms with Gasteiger partial charge in [0.1, 0.15) is 5.60 Å². The highest BCUT2D eigenvalue weighted by Crippen LogP contribution is 2.15. The molecule has 0 radical (unpaired) electrons. The van der Waals surface area contributed by atoms with Crippen LogP contribution in [0.5, 0.6) is 0 Å². The number of benzene rings is 2. The molecule has 30 heavy (non-hydrogen) atoms. The van der Waals surface area contributed by atoms with Crippen molar-refractivity contribution >= 4 is 12.0 Å². The molecule has 0 saturated carbocycles. The predicted molar refractivity (Wildman–Crippen MR) is 117 cm³/mol. The molecule has 6 nitrogen and oxygen atoms in total. The van der Waals surface area contributed by atoms with E-state index in [0.717, 1.165) is 17.5 Å². The van der Waals surface area contributed by atoms with Gasteiger partial charge >= 0.3 is 6.09 Å². The molecule has 0 aliphatic rings. The van der Waals surface area contributed by atoms with Gasteiger partial charge in [-0.25, -0.2) is 4.79 Å². The van der Waals surface area contributed by atoms with Gasteiger partial charge in [-0.3, -0.25) is 4.79 Å². The van der Waals surface area contributed by atoms with Gasteiger partial charge in [-0.1, -0.05) is 42.5 Å². The summed E-state index contributed by atoms with van der Waals surface area (Å²) in [5, 5.41) is 5.60. The molecule has 0 saturated heterocycles. The monoisotopic (exact) mass is 412 g/mol. The van der Waals surface area contributed by atoms with Gasteiger partial charge in [-0.2, -0.15) is 0 Å². The maximum Gasteiger partial charge on any atom is 0.407 e. The van der Waals surface area contributed by atoms with Gasteiger partial charge in [-0.05, 0) is 57.4 Å². The molecule has 2 amide bonds. The Morgan fingerprint density at radius 2 is 1.63 bits per heavy atom. The van der Waals surface area contributed by atoms with Crippen LogP contribution in [0.1, 0.15) is 61.7 Å². The van der Waals surface area contributed by atoms with Gasteiger partial charge < -0.3 is 20.1 Å². The zero-order chi connectivity index (χ0) is 22.0. The molecule has 0 spiro atoms. The summed E-state index contributed by atoms with van der Waals surface area (Å²) in [6.07, 6.45) is 0.303. The number of amides is 2. The van der Waals surface area contributed by atoms with E-state index in [-0.39, 0.29) is 12.0 Å². The van der Waals surface area contributed by atoms with Gasteiger partial charge in [-0.15, -0.1) is 0 Å². The minimum Gasteiger partial charge on any atom is -0.444 e. The Hall–Kier alpha value is -2.86. The van der Waals surface area contributed by atoms with E-state index >= 15 is 0 Å². The van der Waals surface area contributed by atoms with Crippen molar-refractivity contribution in [2.75, 3.05) is 13.2 Å². The first kappa shape index (κ1) is 23.4. The highest BCUT2D eigenvalue weighted by molar-refractivity contribution is 5.94. The minimum absolute atomic E-state index is 0.0312. The summed E-state index contributed by atoms with van der Waals surface area (Å²) in [5.41, 5.74) is 2.08. The summed E-state index contributed by atoms with van der Waals surface area (Å²) < 4.78 is 11.0. The van der Waals surface area contributed by atoms with Crippen molar-refractivity contribution in [3.63, 3.8) is 0 Å². The molecule has 2 aromatic carbocycles. The number of carbonyl (C=O) groups excluding carboxylic acids is 2. The number of ether oxygens (including phenoxy) is 2. The second-order valence-electron chi connectivity index (χ2n) is 8.09. The number of carbonyl (C=O) groups is 2. The lowest BCUT2D eigenvalue weighted by molar-refractivity contribution is 0.0523. The number of alkyl carbamates (subject to hydrolysis) is 1. The molecule has 2 N–H and O–H groups in total. The van der Waals surface area contributed by atoms with E-state index in [4.69, 9.17) is 9.47 Å². The van der Waals surface area contributed by atoms with Crippen molar-refractivity contribution < 1.29 is 19.1 Å². The fourth-order valence-electron chi connectivity index (χ4n) is 2.72. The SMILES string of the molecule is CC(OCCCNC(=O)c1ccc(CNC(=O)OC(C)(C)C)cc1)c1ccccc1. The fourth-order valence-corrected chi connectivity index (χ4v) is 2.72. The van der Waals surface area contributed by atoms with Crippen LogP contribution >= 0.6 is 0 Å². The van der Waals surface area contributed by atoms with Crippen LogP contribution < -0.4 is 10.6 Å². The maximum atomic E-state index is 12.3. The average molecular weight is 413 g/mol. The number of rotatable bonds is 9.